The van der Waals surface area contributed by atoms with Crippen molar-refractivity contribution in [2.45, 2.75) is 20.8 Å². The van der Waals surface area contributed by atoms with Crippen LogP contribution >= 0.6 is 11.6 Å². The van der Waals surface area contributed by atoms with Crippen molar-refractivity contribution < 1.29 is 9.59 Å². The number of halogens is 1. The summed E-state index contributed by atoms with van der Waals surface area (Å²) in [5.74, 6) is -0.268. The van der Waals surface area contributed by atoms with E-state index in [9.17, 15) is 9.59 Å². The molecule has 132 valence electrons. The van der Waals surface area contributed by atoms with Crippen LogP contribution in [0.25, 0.3) is 0 Å². The summed E-state index contributed by atoms with van der Waals surface area (Å²) in [5.41, 5.74) is 3.16. The summed E-state index contributed by atoms with van der Waals surface area (Å²) in [6.45, 7) is 5.71. The molecule has 3 N–H and O–H groups in total. The SMILES string of the molecule is Cc1ccc(Cl)cc1NC(=O)CNc1ccc(NC(=O)C(C)C)cc1. The molecule has 0 aromatic heterocycles. The van der Waals surface area contributed by atoms with Crippen LogP contribution in [0.2, 0.25) is 5.02 Å². The normalized spacial score (nSPS) is 10.4. The number of carbonyl (C=O) groups is 2. The highest BCUT2D eigenvalue weighted by atomic mass is 35.5. The summed E-state index contributed by atoms with van der Waals surface area (Å²) >= 11 is 5.95. The first-order valence-corrected chi connectivity index (χ1v) is 8.44. The molecule has 2 rings (SSSR count). The van der Waals surface area contributed by atoms with E-state index in [1.165, 1.54) is 0 Å². The quantitative estimate of drug-likeness (QED) is 0.720. The Bertz CT molecular complexity index is 758. The predicted octanol–water partition coefficient (Wildman–Crippen LogP) is 4.29. The standard InChI is InChI=1S/C19H22ClN3O2/c1-12(2)19(25)22-16-8-6-15(7-9-16)21-11-18(24)23-17-10-14(20)5-4-13(17)3/h4-10,12,21H,11H2,1-3H3,(H,22,25)(H,23,24). The molecular weight excluding hydrogens is 338 g/mol. The smallest absolute Gasteiger partial charge is 0.243 e. The van der Waals surface area contributed by atoms with Crippen molar-refractivity contribution in [3.05, 3.63) is 53.1 Å². The van der Waals surface area contributed by atoms with E-state index in [1.54, 1.807) is 24.3 Å². The zero-order chi connectivity index (χ0) is 18.4. The number of anilines is 3. The van der Waals surface area contributed by atoms with Gasteiger partial charge in [0.2, 0.25) is 11.8 Å². The third-order valence-electron chi connectivity index (χ3n) is 3.60. The summed E-state index contributed by atoms with van der Waals surface area (Å²) in [6, 6.07) is 12.6. The largest absolute Gasteiger partial charge is 0.376 e. The van der Waals surface area contributed by atoms with Crippen molar-refractivity contribution >= 4 is 40.5 Å². The Kier molecular flexibility index (Phi) is 6.42. The minimum Gasteiger partial charge on any atom is -0.376 e. The lowest BCUT2D eigenvalue weighted by Crippen LogP contribution is -2.22. The highest BCUT2D eigenvalue weighted by Crippen LogP contribution is 2.20. The van der Waals surface area contributed by atoms with Gasteiger partial charge in [-0.2, -0.15) is 0 Å². The Morgan fingerprint density at radius 2 is 1.64 bits per heavy atom. The second-order valence-corrected chi connectivity index (χ2v) is 6.52. The average molecular weight is 360 g/mol. The van der Waals surface area contributed by atoms with Gasteiger partial charge in [-0.25, -0.2) is 0 Å². The van der Waals surface area contributed by atoms with E-state index in [4.69, 9.17) is 11.6 Å². The van der Waals surface area contributed by atoms with Gasteiger partial charge < -0.3 is 16.0 Å². The molecule has 0 aliphatic heterocycles. The minimum atomic E-state index is -0.164. The van der Waals surface area contributed by atoms with Crippen LogP contribution < -0.4 is 16.0 Å². The minimum absolute atomic E-state index is 0.0306. The average Bonchev–Trinajstić information content (AvgIpc) is 2.57. The van der Waals surface area contributed by atoms with Crippen LogP contribution in [-0.2, 0) is 9.59 Å². The summed E-state index contributed by atoms with van der Waals surface area (Å²) in [4.78, 5) is 23.7. The number of hydrogen-bond donors (Lipinski definition) is 3. The van der Waals surface area contributed by atoms with Gasteiger partial charge in [-0.1, -0.05) is 31.5 Å². The second kappa shape index (κ2) is 8.53. The monoisotopic (exact) mass is 359 g/mol. The molecule has 0 saturated heterocycles. The van der Waals surface area contributed by atoms with Crippen LogP contribution in [0.15, 0.2) is 42.5 Å². The molecule has 0 heterocycles. The van der Waals surface area contributed by atoms with Crippen LogP contribution in [0.5, 0.6) is 0 Å². The maximum Gasteiger partial charge on any atom is 0.243 e. The highest BCUT2D eigenvalue weighted by Gasteiger charge is 2.08. The Hall–Kier alpha value is -2.53. The van der Waals surface area contributed by atoms with Gasteiger partial charge in [0.1, 0.15) is 0 Å². The molecule has 0 bridgehead atoms. The van der Waals surface area contributed by atoms with Gasteiger partial charge in [0.05, 0.1) is 6.54 Å². The lowest BCUT2D eigenvalue weighted by atomic mass is 10.2. The van der Waals surface area contributed by atoms with E-state index in [0.717, 1.165) is 16.9 Å². The molecule has 0 atom stereocenters. The van der Waals surface area contributed by atoms with E-state index in [-0.39, 0.29) is 24.3 Å². The molecule has 0 aliphatic rings. The molecule has 0 radical (unpaired) electrons. The van der Waals surface area contributed by atoms with Gasteiger partial charge in [-0.05, 0) is 48.9 Å². The predicted molar refractivity (Wildman–Crippen MR) is 103 cm³/mol. The Morgan fingerprint density at radius 3 is 2.28 bits per heavy atom. The number of amides is 2. The fourth-order valence-corrected chi connectivity index (χ4v) is 2.24. The third-order valence-corrected chi connectivity index (χ3v) is 3.84. The van der Waals surface area contributed by atoms with E-state index in [1.807, 2.05) is 39.0 Å². The van der Waals surface area contributed by atoms with Crippen LogP contribution in [0, 0.1) is 12.8 Å². The number of carbonyl (C=O) groups excluding carboxylic acids is 2. The molecule has 2 aromatic carbocycles. The Labute approximate surface area is 152 Å². The lowest BCUT2D eigenvalue weighted by molar-refractivity contribution is -0.119. The molecule has 0 unspecified atom stereocenters. The first kappa shape index (κ1) is 18.8. The molecule has 6 heteroatoms. The van der Waals surface area contributed by atoms with Crippen molar-refractivity contribution in [1.29, 1.82) is 0 Å². The highest BCUT2D eigenvalue weighted by molar-refractivity contribution is 6.31. The van der Waals surface area contributed by atoms with E-state index < -0.39 is 0 Å². The van der Waals surface area contributed by atoms with Gasteiger partial charge in [-0.15, -0.1) is 0 Å². The number of rotatable bonds is 6. The fourth-order valence-electron chi connectivity index (χ4n) is 2.06. The third kappa shape index (κ3) is 5.80. The second-order valence-electron chi connectivity index (χ2n) is 6.08. The molecule has 0 spiro atoms. The molecule has 5 nitrogen and oxygen atoms in total. The van der Waals surface area contributed by atoms with Crippen molar-refractivity contribution in [3.63, 3.8) is 0 Å². The first-order valence-electron chi connectivity index (χ1n) is 8.06. The van der Waals surface area contributed by atoms with Crippen molar-refractivity contribution in [1.82, 2.24) is 0 Å². The van der Waals surface area contributed by atoms with Gasteiger partial charge in [0.25, 0.3) is 0 Å². The van der Waals surface area contributed by atoms with Crippen LogP contribution in [0.3, 0.4) is 0 Å². The van der Waals surface area contributed by atoms with E-state index in [2.05, 4.69) is 16.0 Å². The van der Waals surface area contributed by atoms with Gasteiger partial charge in [0.15, 0.2) is 0 Å². The molecule has 0 fully saturated rings. The number of hydrogen-bond acceptors (Lipinski definition) is 3. The van der Waals surface area contributed by atoms with Crippen LogP contribution in [0.4, 0.5) is 17.1 Å². The summed E-state index contributed by atoms with van der Waals surface area (Å²) < 4.78 is 0. The lowest BCUT2D eigenvalue weighted by Gasteiger charge is -2.11. The van der Waals surface area contributed by atoms with E-state index >= 15 is 0 Å². The Morgan fingerprint density at radius 1 is 1.00 bits per heavy atom. The maximum atomic E-state index is 12.1. The number of nitrogens with one attached hydrogen (secondary N) is 3. The molecule has 0 saturated carbocycles. The topological polar surface area (TPSA) is 70.2 Å². The summed E-state index contributed by atoms with van der Waals surface area (Å²) in [5, 5.41) is 9.27. The zero-order valence-electron chi connectivity index (χ0n) is 14.5. The van der Waals surface area contributed by atoms with Crippen molar-refractivity contribution in [3.8, 4) is 0 Å². The fraction of sp³-hybridized carbons (Fsp3) is 0.263. The Balaban J connectivity index is 1.87. The van der Waals surface area contributed by atoms with Gasteiger partial charge in [0, 0.05) is 28.0 Å². The van der Waals surface area contributed by atoms with E-state index in [0.29, 0.717) is 10.7 Å². The van der Waals surface area contributed by atoms with Crippen LogP contribution in [0.1, 0.15) is 19.4 Å². The van der Waals surface area contributed by atoms with Crippen molar-refractivity contribution in [2.24, 2.45) is 5.92 Å². The van der Waals surface area contributed by atoms with Gasteiger partial charge >= 0.3 is 0 Å². The maximum absolute atomic E-state index is 12.1. The van der Waals surface area contributed by atoms with Crippen LogP contribution in [-0.4, -0.2) is 18.4 Å². The summed E-state index contributed by atoms with van der Waals surface area (Å²) in [6.07, 6.45) is 0. The van der Waals surface area contributed by atoms with Gasteiger partial charge in [-0.3, -0.25) is 9.59 Å². The molecule has 25 heavy (non-hydrogen) atoms. The number of benzene rings is 2. The zero-order valence-corrected chi connectivity index (χ0v) is 15.3. The molecule has 2 aromatic rings. The molecule has 2 amide bonds. The first-order chi connectivity index (χ1) is 11.8. The molecular formula is C19H22ClN3O2. The van der Waals surface area contributed by atoms with Crippen molar-refractivity contribution in [2.75, 3.05) is 22.5 Å². The summed E-state index contributed by atoms with van der Waals surface area (Å²) in [7, 11) is 0. The number of aryl methyl sites for hydroxylation is 1. The molecule has 0 aliphatic carbocycles.